The Morgan fingerprint density at radius 2 is 1.44 bits per heavy atom. The van der Waals surface area contributed by atoms with Gasteiger partial charge in [-0.2, -0.15) is 0 Å². The third-order valence-electron chi connectivity index (χ3n) is 2.95. The average Bonchev–Trinajstić information content (AvgIpc) is 2.34. The van der Waals surface area contributed by atoms with Gasteiger partial charge < -0.3 is 0 Å². The topological polar surface area (TPSA) is 37.4 Å². The van der Waals surface area contributed by atoms with E-state index < -0.39 is 10.0 Å². The molecule has 0 N–H and O–H groups in total. The Labute approximate surface area is 118 Å². The van der Waals surface area contributed by atoms with Gasteiger partial charge in [-0.15, -0.1) is 11.6 Å². The van der Waals surface area contributed by atoms with Gasteiger partial charge in [-0.25, -0.2) is 12.7 Å². The van der Waals surface area contributed by atoms with Crippen LogP contribution in [0.4, 0.5) is 0 Å². The van der Waals surface area contributed by atoms with Gasteiger partial charge in [-0.1, -0.05) is 33.1 Å². The van der Waals surface area contributed by atoms with E-state index >= 15 is 0 Å². The molecule has 0 aliphatic carbocycles. The summed E-state index contributed by atoms with van der Waals surface area (Å²) in [5, 5.41) is 0. The van der Waals surface area contributed by atoms with Gasteiger partial charge in [0.15, 0.2) is 0 Å². The van der Waals surface area contributed by atoms with Crippen LogP contribution < -0.4 is 0 Å². The van der Waals surface area contributed by atoms with E-state index in [9.17, 15) is 8.42 Å². The third-order valence-corrected chi connectivity index (χ3v) is 5.18. The first-order chi connectivity index (χ1) is 8.58. The number of hydrogen-bond donors (Lipinski definition) is 0. The summed E-state index contributed by atoms with van der Waals surface area (Å²) in [5.41, 5.74) is 0. The molecule has 110 valence electrons. The molecule has 0 atom stereocenters. The highest BCUT2D eigenvalue weighted by Crippen LogP contribution is 2.10. The Morgan fingerprint density at radius 1 is 0.889 bits per heavy atom. The first kappa shape index (κ1) is 18.2. The fourth-order valence-corrected chi connectivity index (χ4v) is 3.57. The van der Waals surface area contributed by atoms with Crippen molar-refractivity contribution >= 4 is 21.6 Å². The molecule has 0 aliphatic heterocycles. The van der Waals surface area contributed by atoms with Gasteiger partial charge >= 0.3 is 0 Å². The lowest BCUT2D eigenvalue weighted by Gasteiger charge is -2.21. The zero-order valence-electron chi connectivity index (χ0n) is 11.8. The minimum absolute atomic E-state index is 0.275. The van der Waals surface area contributed by atoms with Crippen molar-refractivity contribution in [2.45, 2.75) is 58.8 Å². The van der Waals surface area contributed by atoms with Crippen molar-refractivity contribution in [2.24, 2.45) is 0 Å². The minimum atomic E-state index is -3.06. The highest BCUT2D eigenvalue weighted by atomic mass is 35.5. The molecule has 18 heavy (non-hydrogen) atoms. The maximum Gasteiger partial charge on any atom is 0.214 e. The Bertz CT molecular complexity index is 273. The largest absolute Gasteiger partial charge is 0.214 e. The summed E-state index contributed by atoms with van der Waals surface area (Å²) in [4.78, 5) is 0. The van der Waals surface area contributed by atoms with Gasteiger partial charge in [0.25, 0.3) is 0 Å². The quantitative estimate of drug-likeness (QED) is 0.407. The average molecular weight is 298 g/mol. The summed E-state index contributed by atoms with van der Waals surface area (Å²) in [6.07, 6.45) is 6.49. The van der Waals surface area contributed by atoms with Crippen LogP contribution in [0.3, 0.4) is 0 Å². The number of sulfonamides is 1. The predicted octanol–water partition coefficient (Wildman–Crippen LogP) is 3.63. The molecule has 0 aromatic heterocycles. The molecule has 0 aromatic carbocycles. The molecule has 0 bridgehead atoms. The van der Waals surface area contributed by atoms with E-state index in [0.29, 0.717) is 19.0 Å². The lowest BCUT2D eigenvalue weighted by Crippen LogP contribution is -2.34. The Morgan fingerprint density at radius 3 is 1.89 bits per heavy atom. The van der Waals surface area contributed by atoms with E-state index in [1.807, 2.05) is 0 Å². The number of nitrogens with zero attached hydrogens (tertiary/aromatic N) is 1. The Hall–Kier alpha value is 0.200. The molecule has 0 unspecified atom stereocenters. The normalized spacial score (nSPS) is 12.2. The second-order valence-electron chi connectivity index (χ2n) is 4.67. The van der Waals surface area contributed by atoms with Crippen molar-refractivity contribution < 1.29 is 8.42 Å². The molecule has 3 nitrogen and oxygen atoms in total. The van der Waals surface area contributed by atoms with Crippen molar-refractivity contribution in [3.63, 3.8) is 0 Å². The predicted molar refractivity (Wildman–Crippen MR) is 79.7 cm³/mol. The standard InChI is InChI=1S/C13H28ClNO2S/c1-3-5-11-15(12-6-4-2)18(16,17)13-9-7-8-10-14/h3-13H2,1-2H3. The number of halogens is 1. The molecule has 0 aliphatic rings. The van der Waals surface area contributed by atoms with Crippen LogP contribution in [-0.4, -0.2) is 37.4 Å². The smallest absolute Gasteiger partial charge is 0.212 e. The molecule has 0 amide bonds. The summed E-state index contributed by atoms with van der Waals surface area (Å²) >= 11 is 5.59. The van der Waals surface area contributed by atoms with Crippen LogP contribution in [0.1, 0.15) is 58.8 Å². The van der Waals surface area contributed by atoms with Crippen molar-refractivity contribution in [2.75, 3.05) is 24.7 Å². The molecule has 0 rings (SSSR count). The number of alkyl halides is 1. The second-order valence-corrected chi connectivity index (χ2v) is 7.14. The molecular formula is C13H28ClNO2S. The van der Waals surface area contributed by atoms with E-state index in [1.54, 1.807) is 4.31 Å². The van der Waals surface area contributed by atoms with Gasteiger partial charge in [-0.3, -0.25) is 0 Å². The van der Waals surface area contributed by atoms with Crippen LogP contribution in [0.2, 0.25) is 0 Å². The van der Waals surface area contributed by atoms with Crippen LogP contribution in [0, 0.1) is 0 Å². The van der Waals surface area contributed by atoms with Crippen LogP contribution in [0.5, 0.6) is 0 Å². The molecule has 0 heterocycles. The maximum absolute atomic E-state index is 12.2. The first-order valence-electron chi connectivity index (χ1n) is 7.12. The molecular weight excluding hydrogens is 270 g/mol. The second kappa shape index (κ2) is 11.1. The van der Waals surface area contributed by atoms with Crippen LogP contribution in [-0.2, 0) is 10.0 Å². The molecule has 5 heteroatoms. The Balaban J connectivity index is 4.24. The summed E-state index contributed by atoms with van der Waals surface area (Å²) in [6.45, 7) is 5.53. The lowest BCUT2D eigenvalue weighted by atomic mass is 10.3. The van der Waals surface area contributed by atoms with E-state index in [0.717, 1.165) is 44.9 Å². The van der Waals surface area contributed by atoms with Crippen LogP contribution >= 0.6 is 11.6 Å². The van der Waals surface area contributed by atoms with Gasteiger partial charge in [0, 0.05) is 19.0 Å². The summed E-state index contributed by atoms with van der Waals surface area (Å²) in [7, 11) is -3.06. The van der Waals surface area contributed by atoms with Gasteiger partial charge in [0.2, 0.25) is 10.0 Å². The van der Waals surface area contributed by atoms with Crippen molar-refractivity contribution in [3.05, 3.63) is 0 Å². The van der Waals surface area contributed by atoms with Gasteiger partial charge in [0.1, 0.15) is 0 Å². The zero-order chi connectivity index (χ0) is 13.9. The van der Waals surface area contributed by atoms with Crippen molar-refractivity contribution in [3.8, 4) is 0 Å². The minimum Gasteiger partial charge on any atom is -0.212 e. The number of unbranched alkanes of at least 4 members (excludes halogenated alkanes) is 4. The van der Waals surface area contributed by atoms with E-state index in [2.05, 4.69) is 13.8 Å². The SMILES string of the molecule is CCCCN(CCCC)S(=O)(=O)CCCCCCl. The fraction of sp³-hybridized carbons (Fsp3) is 1.00. The molecule has 0 aromatic rings. The third kappa shape index (κ3) is 8.33. The van der Waals surface area contributed by atoms with E-state index in [4.69, 9.17) is 11.6 Å². The monoisotopic (exact) mass is 297 g/mol. The Kier molecular flexibility index (Phi) is 11.2. The fourth-order valence-electron chi connectivity index (χ4n) is 1.74. The molecule has 0 saturated carbocycles. The highest BCUT2D eigenvalue weighted by molar-refractivity contribution is 7.89. The molecule has 0 spiro atoms. The first-order valence-corrected chi connectivity index (χ1v) is 9.26. The summed E-state index contributed by atoms with van der Waals surface area (Å²) in [6, 6.07) is 0. The zero-order valence-corrected chi connectivity index (χ0v) is 13.4. The van der Waals surface area contributed by atoms with Crippen molar-refractivity contribution in [1.29, 1.82) is 0 Å². The highest BCUT2D eigenvalue weighted by Gasteiger charge is 2.20. The van der Waals surface area contributed by atoms with Crippen LogP contribution in [0.25, 0.3) is 0 Å². The maximum atomic E-state index is 12.2. The lowest BCUT2D eigenvalue weighted by molar-refractivity contribution is 0.394. The molecule has 0 saturated heterocycles. The van der Waals surface area contributed by atoms with Crippen LogP contribution in [0.15, 0.2) is 0 Å². The molecule has 0 fully saturated rings. The van der Waals surface area contributed by atoms with E-state index in [1.165, 1.54) is 0 Å². The molecule has 0 radical (unpaired) electrons. The van der Waals surface area contributed by atoms with Gasteiger partial charge in [0.05, 0.1) is 5.75 Å². The number of rotatable bonds is 12. The van der Waals surface area contributed by atoms with Crippen molar-refractivity contribution in [1.82, 2.24) is 4.31 Å². The summed E-state index contributed by atoms with van der Waals surface area (Å²) in [5.74, 6) is 0.896. The number of hydrogen-bond acceptors (Lipinski definition) is 2. The summed E-state index contributed by atoms with van der Waals surface area (Å²) < 4.78 is 26.1. The van der Waals surface area contributed by atoms with E-state index in [-0.39, 0.29) is 5.75 Å². The van der Waals surface area contributed by atoms with Gasteiger partial charge in [-0.05, 0) is 25.7 Å².